The van der Waals surface area contributed by atoms with Gasteiger partial charge in [0.25, 0.3) is 0 Å². The van der Waals surface area contributed by atoms with Crippen molar-refractivity contribution < 1.29 is 17.3 Å². The molecule has 0 aliphatic carbocycles. The summed E-state index contributed by atoms with van der Waals surface area (Å²) >= 11 is 0. The van der Waals surface area contributed by atoms with Crippen LogP contribution in [-0.4, -0.2) is 26.8 Å². The lowest BCUT2D eigenvalue weighted by molar-refractivity contribution is 0.368. The van der Waals surface area contributed by atoms with E-state index in [2.05, 4.69) is 26.4 Å². The number of aryl methyl sites for hydroxylation is 1. The largest absolute Gasteiger partial charge is 0.673 e. The fourth-order valence-corrected chi connectivity index (χ4v) is 1.86. The number of imidazole rings is 1. The average Bonchev–Trinajstić information content (AvgIpc) is 2.80. The molecule has 0 amide bonds. The molecule has 2 aromatic rings. The molecule has 0 aliphatic heterocycles. The molecule has 0 fully saturated rings. The number of aromatic nitrogens is 4. The second-order valence-corrected chi connectivity index (χ2v) is 4.58. The molecule has 0 bridgehead atoms. The van der Waals surface area contributed by atoms with Gasteiger partial charge >= 0.3 is 7.25 Å². The van der Waals surface area contributed by atoms with Crippen molar-refractivity contribution in [2.45, 2.75) is 45.6 Å². The van der Waals surface area contributed by atoms with Crippen molar-refractivity contribution in [3.8, 4) is 0 Å². The summed E-state index contributed by atoms with van der Waals surface area (Å²) in [6, 6.07) is 0. The molecule has 2 rings (SSSR count). The SMILES string of the molecule is CCCCCCCn1cnc2cncnc21.F[B-](F)(F)F. The van der Waals surface area contributed by atoms with E-state index in [1.807, 2.05) is 6.33 Å². The Kier molecular flexibility index (Phi) is 7.11. The lowest BCUT2D eigenvalue weighted by Gasteiger charge is -2.02. The second-order valence-electron chi connectivity index (χ2n) is 4.58. The number of rotatable bonds is 6. The molecule has 0 aromatic carbocycles. The quantitative estimate of drug-likeness (QED) is 0.458. The first-order valence-corrected chi connectivity index (χ1v) is 6.90. The van der Waals surface area contributed by atoms with E-state index in [9.17, 15) is 17.3 Å². The van der Waals surface area contributed by atoms with Gasteiger partial charge in [0.1, 0.15) is 11.8 Å². The number of unbranched alkanes of at least 4 members (excludes halogenated alkanes) is 4. The lowest BCUT2D eigenvalue weighted by Crippen LogP contribution is -2.02. The normalized spacial score (nSPS) is 11.3. The number of halogens is 4. The maximum absolute atomic E-state index is 9.75. The summed E-state index contributed by atoms with van der Waals surface area (Å²) in [7, 11) is -6.00. The van der Waals surface area contributed by atoms with Crippen LogP contribution in [-0.2, 0) is 6.54 Å². The van der Waals surface area contributed by atoms with Crippen molar-refractivity contribution in [1.82, 2.24) is 19.5 Å². The standard InChI is InChI=1S/C12H18N4.BF4/c1-2-3-4-5-6-7-16-10-15-11-8-13-9-14-12(11)16;2-1(3,4)5/h8-10H,2-7H2,1H3;/q;-1. The van der Waals surface area contributed by atoms with Crippen molar-refractivity contribution in [3.05, 3.63) is 18.9 Å². The maximum atomic E-state index is 9.75. The van der Waals surface area contributed by atoms with Gasteiger partial charge in [-0.1, -0.05) is 32.6 Å². The van der Waals surface area contributed by atoms with Crippen LogP contribution in [0.4, 0.5) is 17.3 Å². The highest BCUT2D eigenvalue weighted by molar-refractivity contribution is 6.50. The van der Waals surface area contributed by atoms with Crippen LogP contribution in [0.5, 0.6) is 0 Å². The molecule has 0 N–H and O–H groups in total. The minimum Gasteiger partial charge on any atom is -0.418 e. The molecular weight excluding hydrogens is 287 g/mol. The van der Waals surface area contributed by atoms with Gasteiger partial charge in [-0.2, -0.15) is 0 Å². The van der Waals surface area contributed by atoms with E-state index in [0.717, 1.165) is 17.7 Å². The molecule has 21 heavy (non-hydrogen) atoms. The van der Waals surface area contributed by atoms with Gasteiger partial charge in [-0.25, -0.2) is 15.0 Å². The topological polar surface area (TPSA) is 43.6 Å². The third-order valence-electron chi connectivity index (χ3n) is 2.78. The predicted octanol–water partition coefficient (Wildman–Crippen LogP) is 4.10. The van der Waals surface area contributed by atoms with Crippen molar-refractivity contribution in [3.63, 3.8) is 0 Å². The summed E-state index contributed by atoms with van der Waals surface area (Å²) in [5.74, 6) is 0. The van der Waals surface area contributed by atoms with E-state index in [1.165, 1.54) is 32.1 Å². The summed E-state index contributed by atoms with van der Waals surface area (Å²) in [6.07, 6.45) is 11.7. The Bertz CT molecular complexity index is 523. The van der Waals surface area contributed by atoms with Gasteiger partial charge in [0.15, 0.2) is 5.65 Å². The fraction of sp³-hybridized carbons (Fsp3) is 0.583. The molecule has 118 valence electrons. The summed E-state index contributed by atoms with van der Waals surface area (Å²) in [5, 5.41) is 0. The molecule has 0 aliphatic rings. The van der Waals surface area contributed by atoms with E-state index in [1.54, 1.807) is 12.5 Å². The van der Waals surface area contributed by atoms with Crippen LogP contribution in [0.1, 0.15) is 39.0 Å². The van der Waals surface area contributed by atoms with E-state index < -0.39 is 7.25 Å². The predicted molar refractivity (Wildman–Crippen MR) is 74.3 cm³/mol. The fourth-order valence-electron chi connectivity index (χ4n) is 1.86. The molecule has 0 saturated carbocycles. The molecule has 0 unspecified atom stereocenters. The molecule has 0 saturated heterocycles. The molecule has 0 atom stereocenters. The van der Waals surface area contributed by atoms with Crippen LogP contribution < -0.4 is 0 Å². The van der Waals surface area contributed by atoms with Crippen LogP contribution in [0, 0.1) is 0 Å². The first-order chi connectivity index (χ1) is 9.92. The summed E-state index contributed by atoms with van der Waals surface area (Å²) in [5.41, 5.74) is 1.83. The zero-order chi connectivity index (χ0) is 15.7. The minimum absolute atomic E-state index is 0.885. The van der Waals surface area contributed by atoms with Gasteiger partial charge in [0, 0.05) is 6.54 Å². The molecule has 4 nitrogen and oxygen atoms in total. The van der Waals surface area contributed by atoms with Gasteiger partial charge in [-0.15, -0.1) is 0 Å². The highest BCUT2D eigenvalue weighted by Gasteiger charge is 2.20. The average molecular weight is 305 g/mol. The van der Waals surface area contributed by atoms with Gasteiger partial charge in [0.2, 0.25) is 0 Å². The zero-order valence-corrected chi connectivity index (χ0v) is 11.9. The lowest BCUT2D eigenvalue weighted by atomic mass is 10.1. The molecule has 0 spiro atoms. The van der Waals surface area contributed by atoms with Crippen LogP contribution in [0.3, 0.4) is 0 Å². The van der Waals surface area contributed by atoms with Crippen LogP contribution in [0.15, 0.2) is 18.9 Å². The zero-order valence-electron chi connectivity index (χ0n) is 11.9. The third kappa shape index (κ3) is 7.62. The first kappa shape index (κ1) is 17.4. The molecule has 9 heteroatoms. The Hall–Kier alpha value is -1.67. The molecule has 2 aromatic heterocycles. The van der Waals surface area contributed by atoms with Gasteiger partial charge in [0.05, 0.1) is 12.5 Å². The van der Waals surface area contributed by atoms with Gasteiger partial charge < -0.3 is 21.8 Å². The summed E-state index contributed by atoms with van der Waals surface area (Å²) < 4.78 is 41.1. The van der Waals surface area contributed by atoms with E-state index in [0.29, 0.717) is 0 Å². The third-order valence-corrected chi connectivity index (χ3v) is 2.78. The Balaban J connectivity index is 0.000000383. The number of hydrogen-bond donors (Lipinski definition) is 0. The van der Waals surface area contributed by atoms with Crippen LogP contribution in [0.2, 0.25) is 0 Å². The Morgan fingerprint density at radius 3 is 2.38 bits per heavy atom. The maximum Gasteiger partial charge on any atom is 0.673 e. The number of fused-ring (bicyclic) bond motifs is 1. The van der Waals surface area contributed by atoms with Crippen LogP contribution >= 0.6 is 0 Å². The smallest absolute Gasteiger partial charge is 0.418 e. The molecular formula is C12H18BF4N4-. The summed E-state index contributed by atoms with van der Waals surface area (Å²) in [4.78, 5) is 12.5. The minimum atomic E-state index is -6.00. The van der Waals surface area contributed by atoms with E-state index >= 15 is 0 Å². The van der Waals surface area contributed by atoms with Crippen molar-refractivity contribution in [2.75, 3.05) is 0 Å². The highest BCUT2D eigenvalue weighted by Crippen LogP contribution is 2.10. The van der Waals surface area contributed by atoms with Crippen LogP contribution in [0.25, 0.3) is 11.2 Å². The Labute approximate surface area is 120 Å². The molecule has 0 radical (unpaired) electrons. The Morgan fingerprint density at radius 1 is 1.05 bits per heavy atom. The molecule has 2 heterocycles. The van der Waals surface area contributed by atoms with E-state index in [-0.39, 0.29) is 0 Å². The number of nitrogens with zero attached hydrogens (tertiary/aromatic N) is 4. The van der Waals surface area contributed by atoms with Crippen molar-refractivity contribution in [1.29, 1.82) is 0 Å². The Morgan fingerprint density at radius 2 is 1.71 bits per heavy atom. The van der Waals surface area contributed by atoms with Crippen molar-refractivity contribution >= 4 is 18.4 Å². The van der Waals surface area contributed by atoms with Gasteiger partial charge in [-0.3, -0.25) is 0 Å². The van der Waals surface area contributed by atoms with Gasteiger partial charge in [-0.05, 0) is 6.42 Å². The van der Waals surface area contributed by atoms with E-state index in [4.69, 9.17) is 0 Å². The summed E-state index contributed by atoms with van der Waals surface area (Å²) in [6.45, 7) is 3.25. The monoisotopic (exact) mass is 305 g/mol. The highest BCUT2D eigenvalue weighted by atomic mass is 19.5. The second kappa shape index (κ2) is 8.58. The van der Waals surface area contributed by atoms with Crippen molar-refractivity contribution in [2.24, 2.45) is 0 Å². The number of hydrogen-bond acceptors (Lipinski definition) is 3. The first-order valence-electron chi connectivity index (χ1n) is 6.90.